The van der Waals surface area contributed by atoms with Crippen molar-refractivity contribution in [1.29, 1.82) is 0 Å². The van der Waals surface area contributed by atoms with Gasteiger partial charge >= 0.3 is 0 Å². The summed E-state index contributed by atoms with van der Waals surface area (Å²) in [5.74, 6) is -0.121. The van der Waals surface area contributed by atoms with Crippen molar-refractivity contribution in [1.82, 2.24) is 4.57 Å². The highest BCUT2D eigenvalue weighted by Crippen LogP contribution is 2.32. The van der Waals surface area contributed by atoms with Gasteiger partial charge in [-0.25, -0.2) is 4.39 Å². The monoisotopic (exact) mass is 321 g/mol. The van der Waals surface area contributed by atoms with E-state index < -0.39 is 0 Å². The molecule has 1 heterocycles. The second kappa shape index (κ2) is 4.60. The lowest BCUT2D eigenvalue weighted by atomic mass is 9.96. The van der Waals surface area contributed by atoms with Gasteiger partial charge in [0.25, 0.3) is 0 Å². The van der Waals surface area contributed by atoms with Crippen molar-refractivity contribution in [2.45, 2.75) is 26.2 Å². The van der Waals surface area contributed by atoms with Gasteiger partial charge in [0.05, 0.1) is 5.69 Å². The van der Waals surface area contributed by atoms with Gasteiger partial charge in [0, 0.05) is 27.8 Å². The largest absolute Gasteiger partial charge is 0.314 e. The maximum absolute atomic E-state index is 14.1. The van der Waals surface area contributed by atoms with Gasteiger partial charge in [-0.1, -0.05) is 6.07 Å². The second-order valence-electron chi connectivity index (χ2n) is 4.83. The van der Waals surface area contributed by atoms with Crippen LogP contribution in [0.2, 0.25) is 0 Å². The summed E-state index contributed by atoms with van der Waals surface area (Å²) in [5, 5.41) is 0. The fourth-order valence-electron chi connectivity index (χ4n) is 2.74. The SMILES string of the molecule is Cc1cc2c(n1-c1c(F)cccc1Br)CCCC2=O. The lowest BCUT2D eigenvalue weighted by molar-refractivity contribution is 0.0972. The minimum absolute atomic E-state index is 0.163. The molecule has 0 fully saturated rings. The summed E-state index contributed by atoms with van der Waals surface area (Å²) in [4.78, 5) is 11.9. The fraction of sp³-hybridized carbons (Fsp3) is 0.267. The molecular formula is C15H13BrFNO. The van der Waals surface area contributed by atoms with Crippen molar-refractivity contribution in [3.8, 4) is 5.69 Å². The molecule has 1 aliphatic carbocycles. The summed E-state index contributed by atoms with van der Waals surface area (Å²) in [6.07, 6.45) is 2.24. The Balaban J connectivity index is 2.29. The Morgan fingerprint density at radius 2 is 2.11 bits per heavy atom. The molecular weight excluding hydrogens is 309 g/mol. The molecule has 0 saturated carbocycles. The van der Waals surface area contributed by atoms with Crippen LogP contribution >= 0.6 is 15.9 Å². The van der Waals surface area contributed by atoms with E-state index in [2.05, 4.69) is 15.9 Å². The van der Waals surface area contributed by atoms with E-state index in [0.717, 1.165) is 29.8 Å². The molecule has 98 valence electrons. The van der Waals surface area contributed by atoms with Gasteiger partial charge in [-0.2, -0.15) is 0 Å². The molecule has 1 aliphatic rings. The van der Waals surface area contributed by atoms with Crippen molar-refractivity contribution in [3.63, 3.8) is 0 Å². The van der Waals surface area contributed by atoms with Crippen LogP contribution in [0.4, 0.5) is 4.39 Å². The Hall–Kier alpha value is -1.42. The first-order valence-electron chi connectivity index (χ1n) is 6.28. The van der Waals surface area contributed by atoms with Crippen LogP contribution in [-0.4, -0.2) is 10.4 Å². The van der Waals surface area contributed by atoms with Crippen molar-refractivity contribution in [3.05, 3.63) is 51.5 Å². The Bertz CT molecular complexity index is 655. The molecule has 0 aliphatic heterocycles. The van der Waals surface area contributed by atoms with Crippen molar-refractivity contribution in [2.75, 3.05) is 0 Å². The van der Waals surface area contributed by atoms with Crippen LogP contribution in [0.15, 0.2) is 28.7 Å². The van der Waals surface area contributed by atoms with E-state index in [9.17, 15) is 9.18 Å². The zero-order valence-corrected chi connectivity index (χ0v) is 12.1. The molecule has 2 nitrogen and oxygen atoms in total. The van der Waals surface area contributed by atoms with Gasteiger partial charge in [-0.3, -0.25) is 4.79 Å². The van der Waals surface area contributed by atoms with E-state index in [-0.39, 0.29) is 11.6 Å². The summed E-state index contributed by atoms with van der Waals surface area (Å²) in [6.45, 7) is 1.91. The molecule has 0 saturated heterocycles. The number of hydrogen-bond acceptors (Lipinski definition) is 1. The number of carbonyl (C=O) groups excluding carboxylic acids is 1. The number of hydrogen-bond donors (Lipinski definition) is 0. The van der Waals surface area contributed by atoms with Crippen LogP contribution < -0.4 is 0 Å². The highest BCUT2D eigenvalue weighted by Gasteiger charge is 2.25. The first-order chi connectivity index (χ1) is 9.09. The Labute approximate surface area is 119 Å². The standard InChI is InChI=1S/C15H13BrFNO/c1-9-8-10-13(6-3-7-14(10)19)18(9)15-11(16)4-2-5-12(15)17/h2,4-5,8H,3,6-7H2,1H3. The fourth-order valence-corrected chi connectivity index (χ4v) is 3.26. The normalized spacial score (nSPS) is 14.6. The number of halogens is 2. The lowest BCUT2D eigenvalue weighted by Crippen LogP contribution is -2.13. The first-order valence-corrected chi connectivity index (χ1v) is 7.07. The molecule has 0 bridgehead atoms. The van der Waals surface area contributed by atoms with Crippen LogP contribution in [-0.2, 0) is 6.42 Å². The van der Waals surface area contributed by atoms with E-state index >= 15 is 0 Å². The molecule has 3 rings (SSSR count). The maximum Gasteiger partial charge on any atom is 0.164 e. The van der Waals surface area contributed by atoms with E-state index in [1.54, 1.807) is 6.07 Å². The number of carbonyl (C=O) groups is 1. The second-order valence-corrected chi connectivity index (χ2v) is 5.68. The third kappa shape index (κ3) is 1.94. The average molecular weight is 322 g/mol. The minimum Gasteiger partial charge on any atom is -0.314 e. The summed E-state index contributed by atoms with van der Waals surface area (Å²) in [7, 11) is 0. The maximum atomic E-state index is 14.1. The summed E-state index contributed by atoms with van der Waals surface area (Å²) >= 11 is 3.40. The molecule has 0 amide bonds. The van der Waals surface area contributed by atoms with Crippen molar-refractivity contribution < 1.29 is 9.18 Å². The van der Waals surface area contributed by atoms with E-state index in [4.69, 9.17) is 0 Å². The average Bonchev–Trinajstić information content (AvgIpc) is 2.68. The number of fused-ring (bicyclic) bond motifs is 1. The van der Waals surface area contributed by atoms with Crippen LogP contribution in [0, 0.1) is 12.7 Å². The summed E-state index contributed by atoms with van der Waals surface area (Å²) in [5.41, 5.74) is 3.07. The highest BCUT2D eigenvalue weighted by molar-refractivity contribution is 9.10. The Morgan fingerprint density at radius 1 is 1.32 bits per heavy atom. The molecule has 1 aromatic carbocycles. The molecule has 1 aromatic heterocycles. The van der Waals surface area contributed by atoms with Gasteiger partial charge in [-0.15, -0.1) is 0 Å². The van der Waals surface area contributed by atoms with Crippen molar-refractivity contribution in [2.24, 2.45) is 0 Å². The van der Waals surface area contributed by atoms with Crippen LogP contribution in [0.5, 0.6) is 0 Å². The molecule has 0 N–H and O–H groups in total. The van der Waals surface area contributed by atoms with Crippen LogP contribution in [0.1, 0.15) is 34.6 Å². The Morgan fingerprint density at radius 3 is 2.84 bits per heavy atom. The zero-order valence-electron chi connectivity index (χ0n) is 10.5. The number of Topliss-reactive ketones (excluding diaryl/α,β-unsaturated/α-hetero) is 1. The molecule has 2 aromatic rings. The van der Waals surface area contributed by atoms with E-state index in [0.29, 0.717) is 16.6 Å². The first kappa shape index (κ1) is 12.6. The van der Waals surface area contributed by atoms with Gasteiger partial charge in [0.1, 0.15) is 5.82 Å². The third-order valence-corrected chi connectivity index (χ3v) is 4.21. The lowest BCUT2D eigenvalue weighted by Gasteiger charge is -2.17. The van der Waals surface area contributed by atoms with Gasteiger partial charge in [-0.05, 0) is 53.9 Å². The molecule has 0 spiro atoms. The van der Waals surface area contributed by atoms with Gasteiger partial charge in [0.15, 0.2) is 5.78 Å². The number of ketones is 1. The highest BCUT2D eigenvalue weighted by atomic mass is 79.9. The number of para-hydroxylation sites is 1. The van der Waals surface area contributed by atoms with Crippen LogP contribution in [0.3, 0.4) is 0 Å². The summed E-state index contributed by atoms with van der Waals surface area (Å²) in [6, 6.07) is 6.79. The van der Waals surface area contributed by atoms with Crippen LogP contribution in [0.25, 0.3) is 5.69 Å². The van der Waals surface area contributed by atoms with E-state index in [1.807, 2.05) is 23.6 Å². The molecule has 19 heavy (non-hydrogen) atoms. The molecule has 0 unspecified atom stereocenters. The Kier molecular flexibility index (Phi) is 3.05. The predicted molar refractivity (Wildman–Crippen MR) is 75.4 cm³/mol. The minimum atomic E-state index is -0.283. The number of aromatic nitrogens is 1. The van der Waals surface area contributed by atoms with E-state index in [1.165, 1.54) is 6.07 Å². The number of benzene rings is 1. The number of nitrogens with zero attached hydrogens (tertiary/aromatic N) is 1. The van der Waals surface area contributed by atoms with Gasteiger partial charge < -0.3 is 4.57 Å². The zero-order chi connectivity index (χ0) is 13.6. The smallest absolute Gasteiger partial charge is 0.164 e. The number of rotatable bonds is 1. The third-order valence-electron chi connectivity index (χ3n) is 3.57. The molecule has 4 heteroatoms. The quantitative estimate of drug-likeness (QED) is 0.771. The predicted octanol–water partition coefficient (Wildman–Crippen LogP) is 4.21. The van der Waals surface area contributed by atoms with Crippen molar-refractivity contribution >= 4 is 21.7 Å². The summed E-state index contributed by atoms with van der Waals surface area (Å²) < 4.78 is 16.7. The molecule has 0 atom stereocenters. The molecule has 0 radical (unpaired) electrons. The van der Waals surface area contributed by atoms with Gasteiger partial charge in [0.2, 0.25) is 0 Å². The topological polar surface area (TPSA) is 22.0 Å². The number of aryl methyl sites for hydroxylation is 1.